The molecule has 0 heterocycles. The van der Waals surface area contributed by atoms with Crippen molar-refractivity contribution in [2.24, 2.45) is 15.3 Å². The second kappa shape index (κ2) is 13.7. The predicted octanol–water partition coefficient (Wildman–Crippen LogP) is 9.68. The molecule has 38 heavy (non-hydrogen) atoms. The molecular weight excluding hydrogens is 474 g/mol. The minimum atomic E-state index is 0.484. The van der Waals surface area contributed by atoms with E-state index < -0.39 is 0 Å². The monoisotopic (exact) mass is 515 g/mol. The van der Waals surface area contributed by atoms with Gasteiger partial charge in [0.25, 0.3) is 0 Å². The number of hydrogen-bond donors (Lipinski definition) is 0. The smallest absolute Gasteiger partial charge is 0.245 e. The quantitative estimate of drug-likeness (QED) is 0.104. The molecule has 3 aromatic rings. The average molecular weight is 516 g/mol. The first-order chi connectivity index (χ1) is 18.2. The lowest BCUT2D eigenvalue weighted by Crippen LogP contribution is -2.08. The van der Waals surface area contributed by atoms with Crippen LogP contribution in [0.25, 0.3) is 0 Å². The fraction of sp³-hybridized carbons (Fsp3) is 0.419. The molecule has 0 aliphatic rings. The first kappa shape index (κ1) is 28.8. The molecule has 0 amide bonds. The van der Waals surface area contributed by atoms with Crippen molar-refractivity contribution in [3.8, 4) is 5.75 Å². The van der Waals surface area contributed by atoms with Gasteiger partial charge in [-0.25, -0.2) is 0 Å². The van der Waals surface area contributed by atoms with Crippen LogP contribution in [-0.4, -0.2) is 25.6 Å². The van der Waals surface area contributed by atoms with E-state index in [1.54, 1.807) is 12.1 Å². The molecule has 3 rings (SSSR count). The fourth-order valence-corrected chi connectivity index (χ4v) is 4.21. The number of anilines is 1. The maximum absolute atomic E-state index is 12.9. The molecule has 0 saturated carbocycles. The Balaban J connectivity index is 1.74. The molecule has 0 aliphatic heterocycles. The van der Waals surface area contributed by atoms with Crippen LogP contribution >= 0.6 is 0 Å². The lowest BCUT2D eigenvalue weighted by molar-refractivity contribution is -0.435. The maximum atomic E-state index is 12.9. The minimum Gasteiger partial charge on any atom is -0.594 e. The van der Waals surface area contributed by atoms with Crippen LogP contribution in [0.15, 0.2) is 63.9 Å². The van der Waals surface area contributed by atoms with Gasteiger partial charge in [-0.15, -0.1) is 5.11 Å². The normalized spacial score (nSPS) is 11.8. The van der Waals surface area contributed by atoms with Gasteiger partial charge in [-0.1, -0.05) is 37.5 Å². The molecule has 0 atom stereocenters. The third-order valence-corrected chi connectivity index (χ3v) is 6.94. The fourth-order valence-electron chi connectivity index (χ4n) is 4.21. The summed E-state index contributed by atoms with van der Waals surface area (Å²) in [6, 6.07) is 15.1. The predicted molar refractivity (Wildman–Crippen MR) is 156 cm³/mol. The number of rotatable bonds is 12. The molecule has 202 valence electrons. The highest BCUT2D eigenvalue weighted by atomic mass is 16.5. The Bertz CT molecular complexity index is 1230. The third kappa shape index (κ3) is 7.40. The van der Waals surface area contributed by atoms with Crippen molar-refractivity contribution in [1.82, 2.24) is 0 Å². The van der Waals surface area contributed by atoms with Crippen LogP contribution in [0.4, 0.5) is 28.4 Å². The van der Waals surface area contributed by atoms with Crippen molar-refractivity contribution in [3.05, 3.63) is 76.0 Å². The highest BCUT2D eigenvalue weighted by Gasteiger charge is 2.18. The van der Waals surface area contributed by atoms with Crippen molar-refractivity contribution in [2.45, 2.75) is 66.7 Å². The van der Waals surface area contributed by atoms with Gasteiger partial charge in [-0.3, -0.25) is 0 Å². The first-order valence-electron chi connectivity index (χ1n) is 13.4. The number of azo groups is 2. The van der Waals surface area contributed by atoms with Gasteiger partial charge in [0, 0.05) is 37.0 Å². The summed E-state index contributed by atoms with van der Waals surface area (Å²) in [6.45, 7) is 10.9. The van der Waals surface area contributed by atoms with Crippen molar-refractivity contribution < 1.29 is 9.60 Å². The van der Waals surface area contributed by atoms with Gasteiger partial charge in [0.05, 0.1) is 18.0 Å². The molecule has 0 unspecified atom stereocenters. The Kier molecular flexibility index (Phi) is 10.4. The van der Waals surface area contributed by atoms with Crippen LogP contribution in [0, 0.1) is 32.9 Å². The zero-order valence-electron chi connectivity index (χ0n) is 23.9. The maximum Gasteiger partial charge on any atom is 0.245 e. The minimum absolute atomic E-state index is 0.484. The van der Waals surface area contributed by atoms with Crippen molar-refractivity contribution in [1.29, 1.82) is 0 Å². The van der Waals surface area contributed by atoms with E-state index in [-0.39, 0.29) is 0 Å². The van der Waals surface area contributed by atoms with Crippen molar-refractivity contribution >= 4 is 28.4 Å². The Morgan fingerprint density at radius 1 is 0.737 bits per heavy atom. The first-order valence-corrected chi connectivity index (χ1v) is 13.4. The summed E-state index contributed by atoms with van der Waals surface area (Å²) in [5, 5.41) is 26.3. The van der Waals surface area contributed by atoms with Gasteiger partial charge >= 0.3 is 0 Å². The molecule has 0 fully saturated rings. The van der Waals surface area contributed by atoms with Crippen molar-refractivity contribution in [2.75, 3.05) is 25.6 Å². The van der Waals surface area contributed by atoms with E-state index in [4.69, 9.17) is 4.74 Å². The highest BCUT2D eigenvalue weighted by molar-refractivity contribution is 5.69. The Labute approximate surface area is 227 Å². The summed E-state index contributed by atoms with van der Waals surface area (Å²) >= 11 is 0. The molecule has 7 heteroatoms. The van der Waals surface area contributed by atoms with Crippen LogP contribution in [0.2, 0.25) is 0 Å². The molecule has 0 aliphatic carbocycles. The SMILES string of the molecule is CCCCCCCOc1ccc(N=Nc2c(C)c(C)c(N=[N+]([O-])c3ccc(N(C)C)cc3)c(C)c2C)cc1. The number of nitrogens with zero attached hydrogens (tertiary/aromatic N) is 5. The number of ether oxygens (including phenoxy) is 1. The summed E-state index contributed by atoms with van der Waals surface area (Å²) in [4.78, 5) is 2.67. The topological polar surface area (TPSA) is 75.6 Å². The third-order valence-electron chi connectivity index (χ3n) is 6.94. The molecule has 0 spiro atoms. The van der Waals surface area contributed by atoms with E-state index in [0.717, 1.165) is 58.1 Å². The summed E-state index contributed by atoms with van der Waals surface area (Å²) in [5.41, 5.74) is 7.47. The van der Waals surface area contributed by atoms with Crippen LogP contribution in [-0.2, 0) is 0 Å². The van der Waals surface area contributed by atoms with Gasteiger partial charge in [0.1, 0.15) is 11.4 Å². The zero-order valence-corrected chi connectivity index (χ0v) is 23.9. The zero-order chi connectivity index (χ0) is 27.7. The summed E-state index contributed by atoms with van der Waals surface area (Å²) in [5.74, 6) is 0.850. The molecule has 0 aromatic heterocycles. The van der Waals surface area contributed by atoms with E-state index in [9.17, 15) is 5.21 Å². The molecule has 3 aromatic carbocycles. The van der Waals surface area contributed by atoms with Gasteiger partial charge in [-0.05, 0) is 92.8 Å². The number of benzene rings is 3. The standard InChI is InChI=1S/C31H41N5O2/c1-8-9-10-11-12-21-38-29-19-13-26(14-20-29)32-33-30-22(2)24(4)31(25(5)23(30)3)34-36(37)28-17-15-27(16-18-28)35(6)7/h13-20H,8-12,21H2,1-7H3. The Morgan fingerprint density at radius 2 is 1.32 bits per heavy atom. The Morgan fingerprint density at radius 3 is 1.89 bits per heavy atom. The van der Waals surface area contributed by atoms with Crippen molar-refractivity contribution in [3.63, 3.8) is 0 Å². The van der Waals surface area contributed by atoms with E-state index in [0.29, 0.717) is 16.2 Å². The van der Waals surface area contributed by atoms with Gasteiger partial charge in [-0.2, -0.15) is 5.11 Å². The van der Waals surface area contributed by atoms with Crippen LogP contribution < -0.4 is 9.64 Å². The summed E-state index contributed by atoms with van der Waals surface area (Å²) in [7, 11) is 3.93. The molecule has 0 radical (unpaired) electrons. The van der Waals surface area contributed by atoms with Crippen LogP contribution in [0.1, 0.15) is 61.3 Å². The average Bonchev–Trinajstić information content (AvgIpc) is 2.92. The van der Waals surface area contributed by atoms with Crippen LogP contribution in [0.3, 0.4) is 0 Å². The van der Waals surface area contributed by atoms with E-state index in [1.165, 1.54) is 25.7 Å². The lowest BCUT2D eigenvalue weighted by Gasteiger charge is -2.14. The number of hydrogen-bond acceptors (Lipinski definition) is 6. The second-order valence-corrected chi connectivity index (χ2v) is 9.94. The molecule has 0 saturated heterocycles. The molecule has 0 N–H and O–H groups in total. The Hall–Kier alpha value is -3.74. The molecule has 0 bridgehead atoms. The van der Waals surface area contributed by atoms with Gasteiger partial charge in [0.15, 0.2) is 0 Å². The second-order valence-electron chi connectivity index (χ2n) is 9.94. The van der Waals surface area contributed by atoms with Gasteiger partial charge < -0.3 is 14.8 Å². The summed E-state index contributed by atoms with van der Waals surface area (Å²) in [6.07, 6.45) is 6.10. The number of unbranched alkanes of at least 4 members (excludes halogenated alkanes) is 4. The summed E-state index contributed by atoms with van der Waals surface area (Å²) < 4.78 is 5.85. The largest absolute Gasteiger partial charge is 0.594 e. The van der Waals surface area contributed by atoms with Gasteiger partial charge in [0.2, 0.25) is 5.69 Å². The molecule has 7 nitrogen and oxygen atoms in total. The van der Waals surface area contributed by atoms with E-state index in [2.05, 4.69) is 22.3 Å². The lowest BCUT2D eigenvalue weighted by atomic mass is 9.96. The van der Waals surface area contributed by atoms with E-state index in [1.807, 2.05) is 83.1 Å². The van der Waals surface area contributed by atoms with E-state index >= 15 is 0 Å². The van der Waals surface area contributed by atoms with Crippen LogP contribution in [0.5, 0.6) is 5.75 Å². The molecular formula is C31H41N5O2. The highest BCUT2D eigenvalue weighted by Crippen LogP contribution is 2.39.